The van der Waals surface area contributed by atoms with E-state index < -0.39 is 0 Å². The predicted octanol–water partition coefficient (Wildman–Crippen LogP) is 1.10. The smallest absolute Gasteiger partial charge is 0.0810 e. The average molecular weight is 172 g/mol. The largest absolute Gasteiger partial charge is 0.393 e. The van der Waals surface area contributed by atoms with Crippen LogP contribution in [0, 0.1) is 11.8 Å². The van der Waals surface area contributed by atoms with Gasteiger partial charge in [-0.2, -0.15) is 0 Å². The fourth-order valence-electron chi connectivity index (χ4n) is 2.28. The number of rotatable bonds is 2. The Balaban J connectivity index is 2.38. The van der Waals surface area contributed by atoms with E-state index in [-0.39, 0.29) is 6.10 Å². The lowest BCUT2D eigenvalue weighted by atomic mass is 10.1. The molecule has 72 valence electrons. The molecule has 1 saturated carbocycles. The molecule has 0 aromatic heterocycles. The average Bonchev–Trinajstić information content (AvgIpc) is 2.07. The van der Waals surface area contributed by atoms with Crippen molar-refractivity contribution in [2.24, 2.45) is 11.8 Å². The minimum atomic E-state index is -0.0402. The van der Waals surface area contributed by atoms with Gasteiger partial charge in [-0.3, -0.25) is 0 Å². The zero-order valence-corrected chi connectivity index (χ0v) is 8.75. The highest BCUT2D eigenvalue weighted by atomic mass is 16.3. The molecule has 0 amide bonds. The molecule has 0 unspecified atom stereocenters. The van der Waals surface area contributed by atoms with Gasteiger partial charge in [-0.1, -0.05) is 6.92 Å². The van der Waals surface area contributed by atoms with Crippen LogP contribution in [-0.2, 0) is 0 Å². The minimum absolute atomic E-state index is 0.0402. The monoisotopic (exact) mass is 172 g/mol. The summed E-state index contributed by atoms with van der Waals surface area (Å²) in [4.78, 5) is 0. The molecule has 2 nitrogen and oxygen atoms in total. The van der Waals surface area contributed by atoms with Crippen LogP contribution >= 0.6 is 0 Å². The van der Waals surface area contributed by atoms with Crippen LogP contribution in [0.4, 0.5) is 0 Å². The van der Waals surface area contributed by atoms with Crippen LogP contribution in [0.25, 0.3) is 0 Å². The third-order valence-corrected chi connectivity index (χ3v) is 2.74. The topological polar surface area (TPSA) is 20.2 Å². The van der Waals surface area contributed by atoms with Gasteiger partial charge in [0.1, 0.15) is 0 Å². The van der Waals surface area contributed by atoms with E-state index in [2.05, 4.69) is 28.1 Å². The Morgan fingerprint density at radius 3 is 2.17 bits per heavy atom. The Bertz CT molecular complexity index is 140. The molecule has 2 heteroatoms. The van der Waals surface area contributed by atoms with E-state index >= 15 is 0 Å². The van der Waals surface area contributed by atoms with Crippen molar-refractivity contribution in [3.63, 3.8) is 0 Å². The highest BCUT2D eigenvalue weighted by molar-refractivity contribution is 4.80. The SMILES string of the molecule is C[C@H]1C[C@H](C[N+](C)(C)C)C[C@@H]1O. The summed E-state index contributed by atoms with van der Waals surface area (Å²) in [7, 11) is 6.65. The third kappa shape index (κ3) is 2.76. The van der Waals surface area contributed by atoms with E-state index in [1.54, 1.807) is 0 Å². The Hall–Kier alpha value is -0.0800. The van der Waals surface area contributed by atoms with Gasteiger partial charge >= 0.3 is 0 Å². The lowest BCUT2D eigenvalue weighted by Crippen LogP contribution is -2.38. The Kier molecular flexibility index (Phi) is 2.79. The molecule has 12 heavy (non-hydrogen) atoms. The minimum Gasteiger partial charge on any atom is -0.393 e. The van der Waals surface area contributed by atoms with Crippen LogP contribution in [0.15, 0.2) is 0 Å². The number of aliphatic hydroxyl groups is 1. The molecule has 3 atom stereocenters. The zero-order valence-electron chi connectivity index (χ0n) is 8.75. The molecule has 0 bridgehead atoms. The van der Waals surface area contributed by atoms with Crippen molar-refractivity contribution in [1.82, 2.24) is 0 Å². The molecule has 1 rings (SSSR count). The number of nitrogens with zero attached hydrogens (tertiary/aromatic N) is 1. The van der Waals surface area contributed by atoms with E-state index in [1.807, 2.05) is 0 Å². The molecule has 0 aliphatic heterocycles. The third-order valence-electron chi connectivity index (χ3n) is 2.74. The standard InChI is InChI=1S/C10H22NO/c1-8-5-9(6-10(8)12)7-11(2,3)4/h8-10,12H,5-7H2,1-4H3/q+1/t8-,9-,10-/m0/s1. The van der Waals surface area contributed by atoms with Crippen molar-refractivity contribution in [3.8, 4) is 0 Å². The normalized spacial score (nSPS) is 37.2. The summed E-state index contributed by atoms with van der Waals surface area (Å²) >= 11 is 0. The predicted molar refractivity (Wildman–Crippen MR) is 50.8 cm³/mol. The van der Waals surface area contributed by atoms with Crippen molar-refractivity contribution < 1.29 is 9.59 Å². The summed E-state index contributed by atoms with van der Waals surface area (Å²) in [5.41, 5.74) is 0. The lowest BCUT2D eigenvalue weighted by molar-refractivity contribution is -0.873. The van der Waals surface area contributed by atoms with Gasteiger partial charge in [0.05, 0.1) is 33.8 Å². The van der Waals surface area contributed by atoms with Gasteiger partial charge in [0, 0.05) is 5.92 Å². The first-order valence-electron chi connectivity index (χ1n) is 4.87. The Labute approximate surface area is 75.8 Å². The highest BCUT2D eigenvalue weighted by Crippen LogP contribution is 2.31. The van der Waals surface area contributed by atoms with Crippen molar-refractivity contribution in [2.45, 2.75) is 25.9 Å². The molecule has 0 radical (unpaired) electrons. The Morgan fingerprint density at radius 2 is 1.83 bits per heavy atom. The van der Waals surface area contributed by atoms with Gasteiger partial charge in [-0.15, -0.1) is 0 Å². The molecule has 1 N–H and O–H groups in total. The number of hydrogen-bond donors (Lipinski definition) is 1. The van der Waals surface area contributed by atoms with Gasteiger partial charge in [-0.25, -0.2) is 0 Å². The highest BCUT2D eigenvalue weighted by Gasteiger charge is 2.32. The van der Waals surface area contributed by atoms with E-state index in [9.17, 15) is 5.11 Å². The Morgan fingerprint density at radius 1 is 1.25 bits per heavy atom. The molecule has 0 saturated heterocycles. The van der Waals surface area contributed by atoms with E-state index in [0.717, 1.165) is 16.8 Å². The van der Waals surface area contributed by atoms with Crippen LogP contribution in [0.2, 0.25) is 0 Å². The first-order chi connectivity index (χ1) is 5.38. The summed E-state index contributed by atoms with van der Waals surface area (Å²) < 4.78 is 1.02. The summed E-state index contributed by atoms with van der Waals surface area (Å²) in [6, 6.07) is 0. The second-order valence-corrected chi connectivity index (χ2v) is 5.35. The van der Waals surface area contributed by atoms with Crippen molar-refractivity contribution in [2.75, 3.05) is 27.7 Å². The van der Waals surface area contributed by atoms with Crippen LogP contribution in [0.5, 0.6) is 0 Å². The maximum absolute atomic E-state index is 9.56. The fourth-order valence-corrected chi connectivity index (χ4v) is 2.28. The summed E-state index contributed by atoms with van der Waals surface area (Å²) in [5, 5.41) is 9.56. The second-order valence-electron chi connectivity index (χ2n) is 5.35. The first-order valence-corrected chi connectivity index (χ1v) is 4.87. The van der Waals surface area contributed by atoms with Gasteiger partial charge in [0.2, 0.25) is 0 Å². The number of hydrogen-bond acceptors (Lipinski definition) is 1. The van der Waals surface area contributed by atoms with Crippen LogP contribution in [0.1, 0.15) is 19.8 Å². The molecular weight excluding hydrogens is 150 g/mol. The van der Waals surface area contributed by atoms with Crippen LogP contribution < -0.4 is 0 Å². The number of aliphatic hydroxyl groups excluding tert-OH is 1. The molecule has 0 aromatic rings. The van der Waals surface area contributed by atoms with Crippen molar-refractivity contribution in [3.05, 3.63) is 0 Å². The molecular formula is C10H22NO+. The van der Waals surface area contributed by atoms with Gasteiger partial charge < -0.3 is 9.59 Å². The number of quaternary nitrogens is 1. The van der Waals surface area contributed by atoms with E-state index in [4.69, 9.17) is 0 Å². The molecule has 1 fully saturated rings. The van der Waals surface area contributed by atoms with Gasteiger partial charge in [0.15, 0.2) is 0 Å². The van der Waals surface area contributed by atoms with Gasteiger partial charge in [0.25, 0.3) is 0 Å². The summed E-state index contributed by atoms with van der Waals surface area (Å²) in [5.74, 6) is 1.25. The maximum Gasteiger partial charge on any atom is 0.0810 e. The molecule has 0 heterocycles. The van der Waals surface area contributed by atoms with Crippen molar-refractivity contribution >= 4 is 0 Å². The molecule has 1 aliphatic carbocycles. The second kappa shape index (κ2) is 3.35. The van der Waals surface area contributed by atoms with Gasteiger partial charge in [-0.05, 0) is 18.8 Å². The summed E-state index contributed by atoms with van der Waals surface area (Å²) in [6.07, 6.45) is 2.18. The summed E-state index contributed by atoms with van der Waals surface area (Å²) in [6.45, 7) is 3.35. The van der Waals surface area contributed by atoms with E-state index in [1.165, 1.54) is 13.0 Å². The van der Waals surface area contributed by atoms with Crippen LogP contribution in [-0.4, -0.2) is 43.4 Å². The van der Waals surface area contributed by atoms with E-state index in [0.29, 0.717) is 5.92 Å². The zero-order chi connectivity index (χ0) is 9.35. The molecule has 0 aromatic carbocycles. The first kappa shape index (κ1) is 10.0. The lowest BCUT2D eigenvalue weighted by Gasteiger charge is -2.27. The maximum atomic E-state index is 9.56. The molecule has 0 spiro atoms. The quantitative estimate of drug-likeness (QED) is 0.618. The van der Waals surface area contributed by atoms with Crippen LogP contribution in [0.3, 0.4) is 0 Å². The van der Waals surface area contributed by atoms with Crippen molar-refractivity contribution in [1.29, 1.82) is 0 Å². The molecule has 1 aliphatic rings. The fraction of sp³-hybridized carbons (Fsp3) is 1.00.